The van der Waals surface area contributed by atoms with Gasteiger partial charge in [-0.05, 0) is 13.0 Å². The lowest BCUT2D eigenvalue weighted by Gasteiger charge is -1.97. The van der Waals surface area contributed by atoms with Crippen LogP contribution in [0.2, 0.25) is 0 Å². The van der Waals surface area contributed by atoms with Crippen molar-refractivity contribution in [3.63, 3.8) is 0 Å². The molecule has 0 radical (unpaired) electrons. The average molecular weight is 277 g/mol. The van der Waals surface area contributed by atoms with Crippen LogP contribution >= 0.6 is 22.7 Å². The molecule has 18 heavy (non-hydrogen) atoms. The lowest BCUT2D eigenvalue weighted by Crippen LogP contribution is -2.10. The van der Waals surface area contributed by atoms with Crippen molar-refractivity contribution in [2.24, 2.45) is 5.73 Å². The number of amides is 1. The topological polar surface area (TPSA) is 68.0 Å². The molecule has 2 rings (SSSR count). The van der Waals surface area contributed by atoms with Crippen LogP contribution in [0.1, 0.15) is 20.1 Å². The Bertz CT molecular complexity index is 619. The quantitative estimate of drug-likeness (QED) is 0.826. The first kappa shape index (κ1) is 12.8. The summed E-state index contributed by atoms with van der Waals surface area (Å²) in [4.78, 5) is 17.9. The molecule has 92 valence electrons. The molecule has 0 aliphatic rings. The maximum absolute atomic E-state index is 11.9. The van der Waals surface area contributed by atoms with Crippen molar-refractivity contribution in [1.29, 1.82) is 0 Å². The third-order valence-corrected chi connectivity index (χ3v) is 3.69. The number of nitrogens with one attached hydrogen (secondary N) is 1. The van der Waals surface area contributed by atoms with Gasteiger partial charge >= 0.3 is 0 Å². The van der Waals surface area contributed by atoms with Gasteiger partial charge in [0.1, 0.15) is 0 Å². The van der Waals surface area contributed by atoms with Gasteiger partial charge in [0.15, 0.2) is 5.13 Å². The van der Waals surface area contributed by atoms with E-state index < -0.39 is 0 Å². The highest BCUT2D eigenvalue weighted by molar-refractivity contribution is 7.15. The number of nitrogens with two attached hydrogens (primary N) is 1. The van der Waals surface area contributed by atoms with Crippen LogP contribution in [-0.4, -0.2) is 17.4 Å². The van der Waals surface area contributed by atoms with Gasteiger partial charge in [-0.15, -0.1) is 22.7 Å². The lowest BCUT2D eigenvalue weighted by atomic mass is 10.3. The fourth-order valence-electron chi connectivity index (χ4n) is 1.24. The molecule has 0 unspecified atom stereocenters. The van der Waals surface area contributed by atoms with E-state index in [0.717, 1.165) is 9.75 Å². The minimum absolute atomic E-state index is 0.165. The number of anilines is 1. The minimum Gasteiger partial charge on any atom is -0.320 e. The van der Waals surface area contributed by atoms with Crippen LogP contribution in [0.5, 0.6) is 0 Å². The summed E-state index contributed by atoms with van der Waals surface area (Å²) in [5.74, 6) is 5.49. The molecule has 0 spiro atoms. The number of thiophene rings is 1. The highest BCUT2D eigenvalue weighted by atomic mass is 32.1. The zero-order valence-electron chi connectivity index (χ0n) is 9.69. The van der Waals surface area contributed by atoms with Gasteiger partial charge in [-0.3, -0.25) is 10.1 Å². The Balaban J connectivity index is 2.07. The summed E-state index contributed by atoms with van der Waals surface area (Å²) in [6.07, 6.45) is 1.73. The van der Waals surface area contributed by atoms with Gasteiger partial charge in [0.05, 0.1) is 17.0 Å². The van der Waals surface area contributed by atoms with Gasteiger partial charge in [0.25, 0.3) is 5.91 Å². The normalized spacial score (nSPS) is 9.67. The van der Waals surface area contributed by atoms with Gasteiger partial charge in [0, 0.05) is 16.5 Å². The van der Waals surface area contributed by atoms with E-state index in [2.05, 4.69) is 22.1 Å². The number of hydrogen-bond acceptors (Lipinski definition) is 5. The molecule has 2 aromatic heterocycles. The number of hydrogen-bond donors (Lipinski definition) is 2. The SMILES string of the molecule is Cc1cnc(NC(=O)c2csc(C#CCN)c2)s1. The van der Waals surface area contributed by atoms with Crippen LogP contribution in [0.15, 0.2) is 17.6 Å². The van der Waals surface area contributed by atoms with Gasteiger partial charge in [-0.25, -0.2) is 4.98 Å². The van der Waals surface area contributed by atoms with E-state index in [0.29, 0.717) is 17.2 Å². The van der Waals surface area contributed by atoms with Crippen LogP contribution in [0.25, 0.3) is 0 Å². The van der Waals surface area contributed by atoms with Crippen LogP contribution in [-0.2, 0) is 0 Å². The Morgan fingerprint density at radius 1 is 1.61 bits per heavy atom. The Morgan fingerprint density at radius 3 is 3.11 bits per heavy atom. The summed E-state index contributed by atoms with van der Waals surface area (Å²) in [5.41, 5.74) is 5.88. The molecule has 1 amide bonds. The van der Waals surface area contributed by atoms with Crippen molar-refractivity contribution in [2.75, 3.05) is 11.9 Å². The van der Waals surface area contributed by atoms with Gasteiger partial charge in [-0.1, -0.05) is 11.8 Å². The molecule has 0 aliphatic heterocycles. The van der Waals surface area contributed by atoms with E-state index in [1.807, 2.05) is 6.92 Å². The molecule has 2 heterocycles. The molecule has 0 fully saturated rings. The lowest BCUT2D eigenvalue weighted by molar-refractivity contribution is 0.102. The predicted octanol–water partition coefficient (Wildman–Crippen LogP) is 2.08. The van der Waals surface area contributed by atoms with E-state index in [9.17, 15) is 4.79 Å². The number of aryl methyl sites for hydroxylation is 1. The average Bonchev–Trinajstić information content (AvgIpc) is 2.96. The van der Waals surface area contributed by atoms with Gasteiger partial charge in [0.2, 0.25) is 0 Å². The smallest absolute Gasteiger partial charge is 0.258 e. The van der Waals surface area contributed by atoms with Crippen molar-refractivity contribution in [3.05, 3.63) is 33.0 Å². The minimum atomic E-state index is -0.165. The van der Waals surface area contributed by atoms with Crippen molar-refractivity contribution in [3.8, 4) is 11.8 Å². The third kappa shape index (κ3) is 3.17. The van der Waals surface area contributed by atoms with Gasteiger partial charge in [-0.2, -0.15) is 0 Å². The van der Waals surface area contributed by atoms with E-state index >= 15 is 0 Å². The van der Waals surface area contributed by atoms with Crippen molar-refractivity contribution in [2.45, 2.75) is 6.92 Å². The summed E-state index contributed by atoms with van der Waals surface area (Å²) in [7, 11) is 0. The Kier molecular flexibility index (Phi) is 4.10. The maximum atomic E-state index is 11.9. The van der Waals surface area contributed by atoms with Crippen LogP contribution in [0, 0.1) is 18.8 Å². The summed E-state index contributed by atoms with van der Waals surface area (Å²) >= 11 is 2.87. The zero-order valence-corrected chi connectivity index (χ0v) is 11.3. The molecular formula is C12H11N3OS2. The highest BCUT2D eigenvalue weighted by Gasteiger charge is 2.10. The van der Waals surface area contributed by atoms with E-state index in [4.69, 9.17) is 5.73 Å². The van der Waals surface area contributed by atoms with Crippen LogP contribution in [0.4, 0.5) is 5.13 Å². The molecule has 3 N–H and O–H groups in total. The first-order chi connectivity index (χ1) is 8.69. The largest absolute Gasteiger partial charge is 0.320 e. The monoisotopic (exact) mass is 277 g/mol. The summed E-state index contributed by atoms with van der Waals surface area (Å²) in [6, 6.07) is 1.75. The second-order valence-corrected chi connectivity index (χ2v) is 5.58. The van der Waals surface area contributed by atoms with Crippen molar-refractivity contribution in [1.82, 2.24) is 4.98 Å². The standard InChI is InChI=1S/C12H11N3OS2/c1-8-6-14-12(18-8)15-11(16)9-5-10(17-7-9)3-2-4-13/h5-7H,4,13H2,1H3,(H,14,15,16). The fourth-order valence-corrected chi connectivity index (χ4v) is 2.66. The van der Waals surface area contributed by atoms with Crippen molar-refractivity contribution >= 4 is 33.7 Å². The second kappa shape index (κ2) is 5.78. The van der Waals surface area contributed by atoms with Crippen LogP contribution < -0.4 is 11.1 Å². The molecule has 4 nitrogen and oxygen atoms in total. The molecule has 0 atom stereocenters. The first-order valence-electron chi connectivity index (χ1n) is 5.20. The summed E-state index contributed by atoms with van der Waals surface area (Å²) < 4.78 is 0. The number of aromatic nitrogens is 1. The summed E-state index contributed by atoms with van der Waals surface area (Å²) in [6.45, 7) is 2.26. The van der Waals surface area contributed by atoms with E-state index in [1.165, 1.54) is 22.7 Å². The summed E-state index contributed by atoms with van der Waals surface area (Å²) in [5, 5.41) is 5.13. The molecule has 0 aromatic carbocycles. The molecule has 0 saturated carbocycles. The van der Waals surface area contributed by atoms with E-state index in [1.54, 1.807) is 17.6 Å². The molecule has 0 saturated heterocycles. The van der Waals surface area contributed by atoms with Gasteiger partial charge < -0.3 is 5.73 Å². The number of thiazole rings is 1. The van der Waals surface area contributed by atoms with Crippen molar-refractivity contribution < 1.29 is 4.79 Å². The highest BCUT2D eigenvalue weighted by Crippen LogP contribution is 2.19. The number of rotatable bonds is 2. The Morgan fingerprint density at radius 2 is 2.44 bits per heavy atom. The zero-order chi connectivity index (χ0) is 13.0. The number of carbonyl (C=O) groups excluding carboxylic acids is 1. The molecule has 6 heteroatoms. The second-order valence-electron chi connectivity index (χ2n) is 3.44. The fraction of sp³-hybridized carbons (Fsp3) is 0.167. The van der Waals surface area contributed by atoms with Crippen LogP contribution in [0.3, 0.4) is 0 Å². The number of carbonyl (C=O) groups is 1. The first-order valence-corrected chi connectivity index (χ1v) is 6.90. The Hall–Kier alpha value is -1.68. The molecule has 2 aromatic rings. The molecule has 0 bridgehead atoms. The predicted molar refractivity (Wildman–Crippen MR) is 75.1 cm³/mol. The maximum Gasteiger partial charge on any atom is 0.258 e. The molecule has 0 aliphatic carbocycles. The third-order valence-electron chi connectivity index (χ3n) is 2.02. The Labute approximate surface area is 113 Å². The number of nitrogens with zero attached hydrogens (tertiary/aromatic N) is 1. The van der Waals surface area contributed by atoms with E-state index in [-0.39, 0.29) is 5.91 Å². The molecular weight excluding hydrogens is 266 g/mol.